The number of primary amides is 1. The number of carbonyl (C=O) groups is 3. The Labute approximate surface area is 285 Å². The highest BCUT2D eigenvalue weighted by molar-refractivity contribution is 6.30. The van der Waals surface area contributed by atoms with E-state index in [1.807, 2.05) is 34.6 Å². The van der Waals surface area contributed by atoms with Crippen LogP contribution in [0.3, 0.4) is 0 Å². The Morgan fingerprint density at radius 2 is 1.36 bits per heavy atom. The summed E-state index contributed by atoms with van der Waals surface area (Å²) in [5, 5.41) is 0.398. The Balaban J connectivity index is -0.000000111. The summed E-state index contributed by atoms with van der Waals surface area (Å²) in [5.41, 5.74) is 7.05. The predicted molar refractivity (Wildman–Crippen MR) is 203 cm³/mol. The molecule has 0 saturated heterocycles. The lowest BCUT2D eigenvalue weighted by atomic mass is 9.84. The van der Waals surface area contributed by atoms with Crippen molar-refractivity contribution in [2.75, 3.05) is 6.54 Å². The van der Waals surface area contributed by atoms with E-state index in [0.29, 0.717) is 16.9 Å². The van der Waals surface area contributed by atoms with Gasteiger partial charge in [0.15, 0.2) is 0 Å². The van der Waals surface area contributed by atoms with Crippen molar-refractivity contribution < 1.29 is 14.4 Å². The molecular formula is C39H73ClN2O3. The van der Waals surface area contributed by atoms with E-state index in [1.54, 1.807) is 18.2 Å². The standard InChI is InChI=1S/C11H14ClNO2.C10H14.C9H20.C4H10.2C2H6.CH3NO/c1-4-11(6-5-9(2)12)7-13(8-14)10(3)15;1-2-3-7-10-8-5-4-6-9-10;1-5-7-9(3,4)8-6-2;1-4(2)3;2*1-2;2-1-3/h4-6,8H,2,7H2,1,3H3;4-6,8-9H,2-3,7H2,1H3;5-8H2,1-4H3;4H,1-3H3;2*1-2H3;1H,(H2,2,3)/b6-5-,11-4+;;;;;;. The van der Waals surface area contributed by atoms with Crippen LogP contribution in [0.1, 0.15) is 141 Å². The number of halogens is 1. The van der Waals surface area contributed by atoms with Crippen LogP contribution in [0.2, 0.25) is 0 Å². The highest BCUT2D eigenvalue weighted by Crippen LogP contribution is 2.27. The first-order valence-corrected chi connectivity index (χ1v) is 17.2. The normalized spacial score (nSPS) is 9.73. The Hall–Kier alpha value is -2.66. The van der Waals surface area contributed by atoms with Crippen LogP contribution < -0.4 is 5.73 Å². The van der Waals surface area contributed by atoms with Gasteiger partial charge < -0.3 is 5.73 Å². The summed E-state index contributed by atoms with van der Waals surface area (Å²) >= 11 is 5.55. The molecule has 1 aromatic rings. The van der Waals surface area contributed by atoms with Gasteiger partial charge in [0, 0.05) is 12.0 Å². The molecule has 264 valence electrons. The van der Waals surface area contributed by atoms with Crippen LogP contribution in [0.15, 0.2) is 65.7 Å². The molecule has 1 rings (SSSR count). The molecule has 3 amide bonds. The van der Waals surface area contributed by atoms with Crippen LogP contribution in [0.5, 0.6) is 0 Å². The van der Waals surface area contributed by atoms with Gasteiger partial charge in [-0.3, -0.25) is 19.3 Å². The van der Waals surface area contributed by atoms with Crippen molar-refractivity contribution in [2.24, 2.45) is 17.1 Å². The molecule has 45 heavy (non-hydrogen) atoms. The van der Waals surface area contributed by atoms with E-state index in [1.165, 1.54) is 57.4 Å². The second-order valence-corrected chi connectivity index (χ2v) is 11.5. The van der Waals surface area contributed by atoms with Gasteiger partial charge in [0.25, 0.3) is 0 Å². The molecule has 6 heteroatoms. The molecule has 0 radical (unpaired) electrons. The first-order chi connectivity index (χ1) is 21.2. The number of benzene rings is 1. The van der Waals surface area contributed by atoms with Crippen LogP contribution >= 0.6 is 11.6 Å². The molecule has 0 atom stereocenters. The maximum absolute atomic E-state index is 11.0. The van der Waals surface area contributed by atoms with E-state index in [2.05, 4.69) is 98.0 Å². The third-order valence-electron chi connectivity index (χ3n) is 5.25. The molecule has 0 bridgehead atoms. The van der Waals surface area contributed by atoms with Crippen molar-refractivity contribution >= 4 is 30.3 Å². The van der Waals surface area contributed by atoms with Gasteiger partial charge in [-0.15, -0.1) is 0 Å². The summed E-state index contributed by atoms with van der Waals surface area (Å²) in [6.45, 7) is 32.9. The van der Waals surface area contributed by atoms with Crippen LogP contribution in [0.4, 0.5) is 0 Å². The van der Waals surface area contributed by atoms with Crippen molar-refractivity contribution in [1.82, 2.24) is 4.90 Å². The topological polar surface area (TPSA) is 80.5 Å². The molecule has 0 aliphatic heterocycles. The van der Waals surface area contributed by atoms with Crippen molar-refractivity contribution in [2.45, 2.75) is 142 Å². The zero-order valence-electron chi connectivity index (χ0n) is 31.8. The third kappa shape index (κ3) is 54.3. The first-order valence-electron chi connectivity index (χ1n) is 16.8. The summed E-state index contributed by atoms with van der Waals surface area (Å²) in [5.74, 6) is 0.544. The minimum atomic E-state index is -0.289. The number of nitrogens with zero attached hydrogens (tertiary/aromatic N) is 1. The molecule has 0 aliphatic carbocycles. The van der Waals surface area contributed by atoms with Gasteiger partial charge in [-0.05, 0) is 61.2 Å². The second kappa shape index (κ2) is 43.5. The summed E-state index contributed by atoms with van der Waals surface area (Å²) in [4.78, 5) is 31.2. The molecule has 0 unspecified atom stereocenters. The molecule has 2 N–H and O–H groups in total. The lowest BCUT2D eigenvalue weighted by Gasteiger charge is -2.22. The molecule has 5 nitrogen and oxygen atoms in total. The molecule has 0 fully saturated rings. The van der Waals surface area contributed by atoms with E-state index >= 15 is 0 Å². The molecule has 0 saturated carbocycles. The van der Waals surface area contributed by atoms with Gasteiger partial charge >= 0.3 is 0 Å². The number of nitrogens with two attached hydrogens (primary N) is 1. The minimum absolute atomic E-state index is 0.246. The average Bonchev–Trinajstić information content (AvgIpc) is 2.99. The van der Waals surface area contributed by atoms with Gasteiger partial charge in [-0.1, -0.05) is 163 Å². The zero-order valence-corrected chi connectivity index (χ0v) is 32.6. The summed E-state index contributed by atoms with van der Waals surface area (Å²) in [6, 6.07) is 10.6. The lowest BCUT2D eigenvalue weighted by Crippen LogP contribution is -2.28. The SMILES string of the molecule is C=C(Cl)/C=C\C(=C/C)CN(C=O)C(C)=O.CC.CC.CC(C)C.CCCC(C)(C)CCC.CCCCc1ccccc1.NC=O. The maximum Gasteiger partial charge on any atom is 0.226 e. The first kappa shape index (κ1) is 54.8. The predicted octanol–water partition coefficient (Wildman–Crippen LogP) is 11.7. The number of hydrogen-bond donors (Lipinski definition) is 1. The van der Waals surface area contributed by atoms with E-state index in [4.69, 9.17) is 16.4 Å². The number of hydrogen-bond acceptors (Lipinski definition) is 3. The van der Waals surface area contributed by atoms with E-state index in [0.717, 1.165) is 16.4 Å². The van der Waals surface area contributed by atoms with Gasteiger partial charge in [-0.2, -0.15) is 0 Å². The van der Waals surface area contributed by atoms with Gasteiger partial charge in [0.05, 0.1) is 6.54 Å². The van der Waals surface area contributed by atoms with Crippen molar-refractivity contribution in [3.63, 3.8) is 0 Å². The smallest absolute Gasteiger partial charge is 0.226 e. The van der Waals surface area contributed by atoms with E-state index < -0.39 is 0 Å². The molecule has 1 aromatic carbocycles. The van der Waals surface area contributed by atoms with Gasteiger partial charge in [0.1, 0.15) is 0 Å². The largest absolute Gasteiger partial charge is 0.372 e. The van der Waals surface area contributed by atoms with Gasteiger partial charge in [-0.25, -0.2) is 0 Å². The molecule has 0 spiro atoms. The average molecular weight is 653 g/mol. The second-order valence-electron chi connectivity index (χ2n) is 11.0. The molecule has 0 aromatic heterocycles. The third-order valence-corrected chi connectivity index (χ3v) is 5.38. The summed E-state index contributed by atoms with van der Waals surface area (Å²) in [6.07, 6.45) is 15.1. The fourth-order valence-electron chi connectivity index (χ4n) is 3.36. The van der Waals surface area contributed by atoms with Crippen molar-refractivity contribution in [1.29, 1.82) is 0 Å². The number of amides is 3. The Kier molecular flexibility index (Phi) is 52.9. The number of unbranched alkanes of at least 4 members (excludes halogenated alkanes) is 1. The number of imide groups is 1. The lowest BCUT2D eigenvalue weighted by molar-refractivity contribution is -0.135. The fourth-order valence-corrected chi connectivity index (χ4v) is 3.42. The van der Waals surface area contributed by atoms with Crippen LogP contribution in [-0.4, -0.2) is 30.2 Å². The zero-order chi connectivity index (χ0) is 36.7. The number of aryl methyl sites for hydroxylation is 1. The fraction of sp³-hybridized carbons (Fsp3) is 0.615. The highest BCUT2D eigenvalue weighted by atomic mass is 35.5. The van der Waals surface area contributed by atoms with Crippen molar-refractivity contribution in [3.05, 3.63) is 71.3 Å². The maximum atomic E-state index is 11.0. The van der Waals surface area contributed by atoms with Crippen LogP contribution in [0.25, 0.3) is 0 Å². The molecule has 0 heterocycles. The summed E-state index contributed by atoms with van der Waals surface area (Å²) < 4.78 is 0. The number of rotatable bonds is 12. The number of allylic oxidation sites excluding steroid dienone is 3. The Morgan fingerprint density at radius 1 is 0.933 bits per heavy atom. The Morgan fingerprint density at radius 3 is 1.64 bits per heavy atom. The molecule has 0 aliphatic rings. The van der Waals surface area contributed by atoms with E-state index in [-0.39, 0.29) is 18.9 Å². The minimum Gasteiger partial charge on any atom is -0.372 e. The highest BCUT2D eigenvalue weighted by Gasteiger charge is 2.13. The monoisotopic (exact) mass is 653 g/mol. The van der Waals surface area contributed by atoms with Crippen LogP contribution in [0, 0.1) is 11.3 Å². The quantitative estimate of drug-likeness (QED) is 0.180. The number of carbonyl (C=O) groups excluding carboxylic acids is 3. The van der Waals surface area contributed by atoms with Gasteiger partial charge in [0.2, 0.25) is 18.7 Å². The van der Waals surface area contributed by atoms with Crippen molar-refractivity contribution in [3.8, 4) is 0 Å². The summed E-state index contributed by atoms with van der Waals surface area (Å²) in [7, 11) is 0. The Bertz CT molecular complexity index is 821. The van der Waals surface area contributed by atoms with E-state index in [9.17, 15) is 9.59 Å². The molecular weight excluding hydrogens is 580 g/mol. The van der Waals surface area contributed by atoms with Crippen LogP contribution in [-0.2, 0) is 20.8 Å².